The smallest absolute Gasteiger partial charge is 0.243 e. The third-order valence-corrected chi connectivity index (χ3v) is 6.61. The van der Waals surface area contributed by atoms with Gasteiger partial charge in [0.15, 0.2) is 0 Å². The summed E-state index contributed by atoms with van der Waals surface area (Å²) in [5.74, 6) is -0.305. The van der Waals surface area contributed by atoms with Gasteiger partial charge in [-0.15, -0.1) is 0 Å². The molecule has 158 valence electrons. The van der Waals surface area contributed by atoms with Crippen molar-refractivity contribution in [3.05, 3.63) is 28.8 Å². The molecule has 2 rings (SSSR count). The zero-order chi connectivity index (χ0) is 20.7. The predicted octanol–water partition coefficient (Wildman–Crippen LogP) is 3.19. The van der Waals surface area contributed by atoms with Gasteiger partial charge in [0, 0.05) is 11.6 Å². The van der Waals surface area contributed by atoms with Crippen molar-refractivity contribution in [2.75, 3.05) is 36.7 Å². The van der Waals surface area contributed by atoms with Crippen LogP contribution in [0.4, 0.5) is 5.69 Å². The molecule has 1 amide bonds. The van der Waals surface area contributed by atoms with Crippen LogP contribution in [0.5, 0.6) is 0 Å². The van der Waals surface area contributed by atoms with Crippen molar-refractivity contribution in [1.29, 1.82) is 0 Å². The molecule has 0 radical (unpaired) electrons. The Hall–Kier alpha value is -1.31. The highest BCUT2D eigenvalue weighted by atomic mass is 35.5. The van der Waals surface area contributed by atoms with Gasteiger partial charge in [-0.1, -0.05) is 30.5 Å². The fourth-order valence-electron chi connectivity index (χ4n) is 3.62. The Balaban J connectivity index is 1.97. The van der Waals surface area contributed by atoms with Crippen LogP contribution in [0.1, 0.15) is 44.6 Å². The van der Waals surface area contributed by atoms with Crippen LogP contribution in [0.2, 0.25) is 5.02 Å². The standard InChI is InChI=1S/C20H32ClN3O3S/c1-16-9-10-18(21)15-19(16)24(28(3,26)27)17(2)20(25)22-11-8-14-23-12-6-4-5-7-13-23/h9-10,15,17H,4-8,11-14H2,1-3H3,(H,22,25)/t17-/m1/s1. The highest BCUT2D eigenvalue weighted by Crippen LogP contribution is 2.28. The fourth-order valence-corrected chi connectivity index (χ4v) is 5.01. The quantitative estimate of drug-likeness (QED) is 0.644. The summed E-state index contributed by atoms with van der Waals surface area (Å²) in [6.07, 6.45) is 7.05. The zero-order valence-electron chi connectivity index (χ0n) is 17.1. The summed E-state index contributed by atoms with van der Waals surface area (Å²) in [4.78, 5) is 15.1. The van der Waals surface area contributed by atoms with Crippen molar-refractivity contribution in [1.82, 2.24) is 10.2 Å². The van der Waals surface area contributed by atoms with Crippen LogP contribution in [-0.2, 0) is 14.8 Å². The Kier molecular flexibility index (Phi) is 8.58. The van der Waals surface area contributed by atoms with E-state index >= 15 is 0 Å². The molecule has 0 bridgehead atoms. The lowest BCUT2D eigenvalue weighted by Crippen LogP contribution is -2.48. The second-order valence-corrected chi connectivity index (χ2v) is 9.86. The lowest BCUT2D eigenvalue weighted by atomic mass is 10.1. The molecule has 1 aromatic rings. The summed E-state index contributed by atoms with van der Waals surface area (Å²) >= 11 is 6.06. The summed E-state index contributed by atoms with van der Waals surface area (Å²) in [7, 11) is -3.65. The van der Waals surface area contributed by atoms with Gasteiger partial charge in [0.05, 0.1) is 11.9 Å². The lowest BCUT2D eigenvalue weighted by molar-refractivity contribution is -0.121. The van der Waals surface area contributed by atoms with E-state index < -0.39 is 16.1 Å². The lowest BCUT2D eigenvalue weighted by Gasteiger charge is -2.29. The average molecular weight is 430 g/mol. The average Bonchev–Trinajstić information content (AvgIpc) is 2.89. The minimum atomic E-state index is -3.65. The van der Waals surface area contributed by atoms with Crippen molar-refractivity contribution in [2.24, 2.45) is 0 Å². The molecule has 1 fully saturated rings. The van der Waals surface area contributed by atoms with Crippen LogP contribution in [0.25, 0.3) is 0 Å². The molecule has 28 heavy (non-hydrogen) atoms. The predicted molar refractivity (Wildman–Crippen MR) is 116 cm³/mol. The van der Waals surface area contributed by atoms with Crippen molar-refractivity contribution in [2.45, 2.75) is 52.0 Å². The first-order valence-corrected chi connectivity index (χ1v) is 12.2. The molecule has 0 aromatic heterocycles. The van der Waals surface area contributed by atoms with Crippen LogP contribution < -0.4 is 9.62 Å². The van der Waals surface area contributed by atoms with E-state index in [1.165, 1.54) is 25.7 Å². The Morgan fingerprint density at radius 3 is 2.50 bits per heavy atom. The molecular formula is C20H32ClN3O3S. The number of sulfonamides is 1. The first-order valence-electron chi connectivity index (χ1n) is 9.96. The third kappa shape index (κ3) is 6.64. The molecule has 0 unspecified atom stereocenters. The van der Waals surface area contributed by atoms with Gasteiger partial charge in [0.2, 0.25) is 15.9 Å². The maximum absolute atomic E-state index is 12.6. The molecule has 1 aromatic carbocycles. The molecule has 0 spiro atoms. The zero-order valence-corrected chi connectivity index (χ0v) is 18.7. The number of anilines is 1. The Morgan fingerprint density at radius 2 is 1.89 bits per heavy atom. The number of amides is 1. The number of carbonyl (C=O) groups is 1. The maximum atomic E-state index is 12.6. The molecule has 1 aliphatic rings. The second-order valence-electron chi connectivity index (χ2n) is 7.57. The van der Waals surface area contributed by atoms with E-state index in [4.69, 9.17) is 11.6 Å². The van der Waals surface area contributed by atoms with Gasteiger partial charge < -0.3 is 10.2 Å². The van der Waals surface area contributed by atoms with Gasteiger partial charge in [-0.3, -0.25) is 9.10 Å². The van der Waals surface area contributed by atoms with Crippen LogP contribution in [0.3, 0.4) is 0 Å². The highest BCUT2D eigenvalue weighted by molar-refractivity contribution is 7.92. The topological polar surface area (TPSA) is 69.7 Å². The van der Waals surface area contributed by atoms with Gasteiger partial charge >= 0.3 is 0 Å². The number of halogens is 1. The van der Waals surface area contributed by atoms with Crippen molar-refractivity contribution in [3.8, 4) is 0 Å². The second kappa shape index (κ2) is 10.5. The molecule has 0 saturated carbocycles. The molecule has 1 N–H and O–H groups in total. The highest BCUT2D eigenvalue weighted by Gasteiger charge is 2.30. The summed E-state index contributed by atoms with van der Waals surface area (Å²) in [5, 5.41) is 3.32. The van der Waals surface area contributed by atoms with E-state index in [9.17, 15) is 13.2 Å². The number of likely N-dealkylation sites (tertiary alicyclic amines) is 1. The Labute approximate surface area is 174 Å². The first kappa shape index (κ1) is 23.0. The summed E-state index contributed by atoms with van der Waals surface area (Å²) in [6.45, 7) is 7.14. The van der Waals surface area contributed by atoms with Gasteiger partial charge in [-0.05, 0) is 70.4 Å². The number of carbonyl (C=O) groups excluding carboxylic acids is 1. The van der Waals surface area contributed by atoms with Gasteiger partial charge in [-0.2, -0.15) is 0 Å². The molecule has 1 saturated heterocycles. The van der Waals surface area contributed by atoms with E-state index in [0.29, 0.717) is 17.3 Å². The summed E-state index contributed by atoms with van der Waals surface area (Å²) < 4.78 is 26.0. The number of hydrogen-bond acceptors (Lipinski definition) is 4. The van der Waals surface area contributed by atoms with E-state index in [1.54, 1.807) is 32.0 Å². The monoisotopic (exact) mass is 429 g/mol. The summed E-state index contributed by atoms with van der Waals surface area (Å²) in [6, 6.07) is 4.18. The summed E-state index contributed by atoms with van der Waals surface area (Å²) in [5.41, 5.74) is 1.18. The van der Waals surface area contributed by atoms with Crippen LogP contribution in [0, 0.1) is 6.92 Å². The van der Waals surface area contributed by atoms with Gasteiger partial charge in [0.25, 0.3) is 0 Å². The van der Waals surface area contributed by atoms with Gasteiger partial charge in [0.1, 0.15) is 6.04 Å². The number of aryl methyl sites for hydroxylation is 1. The van der Waals surface area contributed by atoms with E-state index in [1.807, 2.05) is 0 Å². The maximum Gasteiger partial charge on any atom is 0.243 e. The normalized spacial score (nSPS) is 17.0. The Bertz CT molecular complexity index is 762. The molecule has 1 heterocycles. The largest absolute Gasteiger partial charge is 0.354 e. The Morgan fingerprint density at radius 1 is 1.25 bits per heavy atom. The molecule has 1 aliphatic heterocycles. The number of nitrogens with one attached hydrogen (secondary N) is 1. The molecular weight excluding hydrogens is 398 g/mol. The van der Waals surface area contributed by atoms with Crippen molar-refractivity contribution in [3.63, 3.8) is 0 Å². The van der Waals surface area contributed by atoms with E-state index in [0.717, 1.165) is 42.2 Å². The fraction of sp³-hybridized carbons (Fsp3) is 0.650. The number of nitrogens with zero attached hydrogens (tertiary/aromatic N) is 2. The number of benzene rings is 1. The minimum absolute atomic E-state index is 0.305. The minimum Gasteiger partial charge on any atom is -0.354 e. The van der Waals surface area contributed by atoms with E-state index in [-0.39, 0.29) is 5.91 Å². The van der Waals surface area contributed by atoms with Crippen molar-refractivity contribution < 1.29 is 13.2 Å². The van der Waals surface area contributed by atoms with Gasteiger partial charge in [-0.25, -0.2) is 8.42 Å². The molecule has 6 nitrogen and oxygen atoms in total. The molecule has 0 aliphatic carbocycles. The van der Waals surface area contributed by atoms with Crippen LogP contribution in [-0.4, -0.2) is 57.7 Å². The number of rotatable bonds is 8. The third-order valence-electron chi connectivity index (χ3n) is 5.15. The number of hydrogen-bond donors (Lipinski definition) is 1. The molecule has 1 atom stereocenters. The van der Waals surface area contributed by atoms with Crippen molar-refractivity contribution >= 4 is 33.2 Å². The SMILES string of the molecule is Cc1ccc(Cl)cc1N([C@H](C)C(=O)NCCCN1CCCCCC1)S(C)(=O)=O. The van der Waals surface area contributed by atoms with Crippen LogP contribution in [0.15, 0.2) is 18.2 Å². The first-order chi connectivity index (χ1) is 13.2. The van der Waals surface area contributed by atoms with Crippen LogP contribution >= 0.6 is 11.6 Å². The molecule has 8 heteroatoms. The van der Waals surface area contributed by atoms with E-state index in [2.05, 4.69) is 10.2 Å².